The predicted octanol–water partition coefficient (Wildman–Crippen LogP) is 3.85. The molecule has 1 saturated heterocycles. The number of nitrogens with one attached hydrogen (secondary N) is 2. The molecule has 27 heavy (non-hydrogen) atoms. The average Bonchev–Trinajstić information content (AvgIpc) is 3.10. The van der Waals surface area contributed by atoms with Crippen LogP contribution in [0.5, 0.6) is 11.5 Å². The van der Waals surface area contributed by atoms with Crippen LogP contribution in [0.2, 0.25) is 0 Å². The fraction of sp³-hybridized carbons (Fsp3) is 0.300. The molecule has 0 aromatic heterocycles. The van der Waals surface area contributed by atoms with Crippen LogP contribution in [0, 0.1) is 0 Å². The molecule has 1 aliphatic heterocycles. The molecule has 2 aromatic carbocycles. The summed E-state index contributed by atoms with van der Waals surface area (Å²) >= 11 is 0. The highest BCUT2D eigenvalue weighted by atomic mass is 35.5. The molecular weight excluding hydrogens is 368 g/mol. The molecule has 0 bridgehead atoms. The van der Waals surface area contributed by atoms with Crippen molar-refractivity contribution in [3.63, 3.8) is 0 Å². The predicted molar refractivity (Wildman–Crippen MR) is 106 cm³/mol. The molecule has 1 fully saturated rings. The van der Waals surface area contributed by atoms with Gasteiger partial charge in [-0.05, 0) is 61.7 Å². The number of hydrogen-bond donors (Lipinski definition) is 3. The van der Waals surface area contributed by atoms with Crippen LogP contribution in [0.3, 0.4) is 0 Å². The van der Waals surface area contributed by atoms with Gasteiger partial charge >= 0.3 is 5.97 Å². The largest absolute Gasteiger partial charge is 0.478 e. The van der Waals surface area contributed by atoms with E-state index in [4.69, 9.17) is 4.74 Å². The number of rotatable bonds is 6. The number of ether oxygens (including phenoxy) is 1. The Kier molecular flexibility index (Phi) is 7.21. The molecule has 0 aliphatic carbocycles. The second-order valence-electron chi connectivity index (χ2n) is 6.40. The fourth-order valence-electron chi connectivity index (χ4n) is 3.16. The molecule has 0 radical (unpaired) electrons. The van der Waals surface area contributed by atoms with Gasteiger partial charge in [-0.3, -0.25) is 4.79 Å². The molecule has 6 nitrogen and oxygen atoms in total. The van der Waals surface area contributed by atoms with Crippen LogP contribution in [0.15, 0.2) is 42.5 Å². The number of hydrogen-bond acceptors (Lipinski definition) is 4. The maximum atomic E-state index is 11.6. The van der Waals surface area contributed by atoms with E-state index in [1.165, 1.54) is 6.92 Å². The summed E-state index contributed by atoms with van der Waals surface area (Å²) in [5, 5.41) is 15.6. The third-order valence-corrected chi connectivity index (χ3v) is 4.35. The first-order valence-corrected chi connectivity index (χ1v) is 8.67. The number of para-hydroxylation sites is 1. The maximum absolute atomic E-state index is 11.6. The van der Waals surface area contributed by atoms with Crippen molar-refractivity contribution in [2.75, 3.05) is 11.9 Å². The van der Waals surface area contributed by atoms with Crippen molar-refractivity contribution < 1.29 is 19.4 Å². The lowest BCUT2D eigenvalue weighted by Crippen LogP contribution is -2.24. The summed E-state index contributed by atoms with van der Waals surface area (Å²) in [6.07, 6.45) is 2.92. The van der Waals surface area contributed by atoms with Crippen molar-refractivity contribution in [3.05, 3.63) is 53.6 Å². The van der Waals surface area contributed by atoms with Crippen molar-refractivity contribution in [1.29, 1.82) is 0 Å². The fourth-order valence-corrected chi connectivity index (χ4v) is 3.16. The van der Waals surface area contributed by atoms with Gasteiger partial charge in [0, 0.05) is 18.7 Å². The summed E-state index contributed by atoms with van der Waals surface area (Å²) in [6.45, 7) is 2.43. The normalized spacial score (nSPS) is 15.7. The highest BCUT2D eigenvalue weighted by Gasteiger charge is 2.21. The molecule has 0 saturated carbocycles. The summed E-state index contributed by atoms with van der Waals surface area (Å²) in [7, 11) is 0. The van der Waals surface area contributed by atoms with Crippen molar-refractivity contribution in [2.45, 2.75) is 32.2 Å². The molecule has 1 amide bonds. The van der Waals surface area contributed by atoms with E-state index >= 15 is 0 Å². The zero-order valence-corrected chi connectivity index (χ0v) is 15.8. The lowest BCUT2D eigenvalue weighted by Gasteiger charge is -2.17. The van der Waals surface area contributed by atoms with E-state index in [-0.39, 0.29) is 23.9 Å². The Balaban J connectivity index is 0.00000261. The number of aromatic carboxylic acids is 1. The molecule has 3 rings (SSSR count). The number of benzene rings is 2. The minimum Gasteiger partial charge on any atom is -0.478 e. The summed E-state index contributed by atoms with van der Waals surface area (Å²) < 4.78 is 5.95. The molecule has 3 N–H and O–H groups in total. The number of carbonyl (C=O) groups excluding carboxylic acids is 1. The number of carboxylic acid groups (broad SMARTS) is 1. The van der Waals surface area contributed by atoms with Crippen LogP contribution in [-0.4, -0.2) is 29.6 Å². The Morgan fingerprint density at radius 2 is 1.96 bits per heavy atom. The first-order chi connectivity index (χ1) is 12.5. The molecule has 1 heterocycles. The van der Waals surface area contributed by atoms with Gasteiger partial charge in [-0.1, -0.05) is 12.1 Å². The third-order valence-electron chi connectivity index (χ3n) is 4.35. The lowest BCUT2D eigenvalue weighted by molar-refractivity contribution is -0.114. The summed E-state index contributed by atoms with van der Waals surface area (Å²) in [6, 6.07) is 12.4. The lowest BCUT2D eigenvalue weighted by atomic mass is 10.0. The second-order valence-corrected chi connectivity index (χ2v) is 6.40. The minimum absolute atomic E-state index is 0. The van der Waals surface area contributed by atoms with E-state index in [0.29, 0.717) is 23.2 Å². The van der Waals surface area contributed by atoms with Crippen molar-refractivity contribution in [3.8, 4) is 11.5 Å². The second kappa shape index (κ2) is 9.39. The Labute approximate surface area is 164 Å². The van der Waals surface area contributed by atoms with E-state index in [9.17, 15) is 14.7 Å². The van der Waals surface area contributed by atoms with Crippen LogP contribution in [-0.2, 0) is 11.2 Å². The number of halogens is 1. The molecule has 1 atom stereocenters. The number of amides is 1. The molecule has 2 aromatic rings. The highest BCUT2D eigenvalue weighted by Crippen LogP contribution is 2.32. The summed E-state index contributed by atoms with van der Waals surface area (Å²) in [5.41, 5.74) is 1.67. The van der Waals surface area contributed by atoms with E-state index in [1.54, 1.807) is 36.4 Å². The third kappa shape index (κ3) is 5.45. The van der Waals surface area contributed by atoms with Gasteiger partial charge in [0.15, 0.2) is 0 Å². The van der Waals surface area contributed by atoms with Crippen LogP contribution >= 0.6 is 12.4 Å². The minimum atomic E-state index is -1.02. The van der Waals surface area contributed by atoms with Gasteiger partial charge in [-0.25, -0.2) is 4.79 Å². The first kappa shape index (κ1) is 20.7. The van der Waals surface area contributed by atoms with E-state index in [1.807, 2.05) is 6.07 Å². The molecule has 1 unspecified atom stereocenters. The summed E-state index contributed by atoms with van der Waals surface area (Å²) in [5.74, 6) is -0.272. The molecule has 1 aliphatic rings. The zero-order chi connectivity index (χ0) is 18.5. The molecular formula is C20H23ClN2O4. The topological polar surface area (TPSA) is 87.7 Å². The van der Waals surface area contributed by atoms with E-state index in [2.05, 4.69) is 10.6 Å². The molecule has 144 valence electrons. The quantitative estimate of drug-likeness (QED) is 0.697. The molecule has 7 heteroatoms. The van der Waals surface area contributed by atoms with Crippen molar-refractivity contribution >= 4 is 30.0 Å². The Morgan fingerprint density at radius 1 is 1.22 bits per heavy atom. The maximum Gasteiger partial charge on any atom is 0.339 e. The average molecular weight is 391 g/mol. The smallest absolute Gasteiger partial charge is 0.339 e. The Hall–Kier alpha value is -2.57. The Bertz CT molecular complexity index is 802. The van der Waals surface area contributed by atoms with Crippen molar-refractivity contribution in [1.82, 2.24) is 5.32 Å². The first-order valence-electron chi connectivity index (χ1n) is 8.67. The SMILES string of the molecule is CC(=O)Nc1ccc(Oc2c(CC3CCCN3)cccc2C(=O)O)cc1.Cl. The monoisotopic (exact) mass is 390 g/mol. The van der Waals surface area contributed by atoms with E-state index < -0.39 is 5.97 Å². The van der Waals surface area contributed by atoms with E-state index in [0.717, 1.165) is 31.4 Å². The number of carbonyl (C=O) groups is 2. The molecule has 0 spiro atoms. The standard InChI is InChI=1S/C20H22N2O4.ClH/c1-13(23)22-15-7-9-17(10-8-15)26-19-14(12-16-5-3-11-21-16)4-2-6-18(19)20(24)25;/h2,4,6-10,16,21H,3,5,11-12H2,1H3,(H,22,23)(H,24,25);1H. The number of anilines is 1. The van der Waals surface area contributed by atoms with Gasteiger partial charge in [0.2, 0.25) is 5.91 Å². The van der Waals surface area contributed by atoms with Gasteiger partial charge in [-0.2, -0.15) is 0 Å². The van der Waals surface area contributed by atoms with Gasteiger partial charge in [0.05, 0.1) is 0 Å². The van der Waals surface area contributed by atoms with Gasteiger partial charge < -0.3 is 20.5 Å². The van der Waals surface area contributed by atoms with Gasteiger partial charge in [-0.15, -0.1) is 12.4 Å². The van der Waals surface area contributed by atoms with Crippen LogP contribution in [0.25, 0.3) is 0 Å². The zero-order valence-electron chi connectivity index (χ0n) is 15.0. The van der Waals surface area contributed by atoms with Gasteiger partial charge in [0.1, 0.15) is 17.1 Å². The van der Waals surface area contributed by atoms with Crippen molar-refractivity contribution in [2.24, 2.45) is 0 Å². The van der Waals surface area contributed by atoms with Crippen LogP contribution in [0.1, 0.15) is 35.7 Å². The number of carboxylic acids is 1. The Morgan fingerprint density at radius 3 is 2.56 bits per heavy atom. The van der Waals surface area contributed by atoms with Gasteiger partial charge in [0.25, 0.3) is 0 Å². The van der Waals surface area contributed by atoms with Crippen LogP contribution < -0.4 is 15.4 Å². The highest BCUT2D eigenvalue weighted by molar-refractivity contribution is 5.91. The summed E-state index contributed by atoms with van der Waals surface area (Å²) in [4.78, 5) is 22.7. The van der Waals surface area contributed by atoms with Crippen LogP contribution in [0.4, 0.5) is 5.69 Å².